The van der Waals surface area contributed by atoms with Gasteiger partial charge >= 0.3 is 0 Å². The van der Waals surface area contributed by atoms with Crippen LogP contribution in [0.3, 0.4) is 0 Å². The number of aryl methyl sites for hydroxylation is 1. The molecule has 144 valence electrons. The molecule has 4 rings (SSSR count). The minimum Gasteiger partial charge on any atom is -0.378 e. The second-order valence-corrected chi connectivity index (χ2v) is 7.46. The van der Waals surface area contributed by atoms with E-state index in [0.717, 1.165) is 67.1 Å². The minimum absolute atomic E-state index is 0.675. The molecule has 0 amide bonds. The summed E-state index contributed by atoms with van der Waals surface area (Å²) in [5.74, 6) is 3.41. The summed E-state index contributed by atoms with van der Waals surface area (Å²) < 4.78 is 5.48. The van der Waals surface area contributed by atoms with Crippen molar-refractivity contribution in [2.24, 2.45) is 0 Å². The minimum atomic E-state index is 0.675. The zero-order valence-corrected chi connectivity index (χ0v) is 16.4. The van der Waals surface area contributed by atoms with E-state index >= 15 is 0 Å². The molecule has 1 aliphatic rings. The van der Waals surface area contributed by atoms with Gasteiger partial charge in [0.05, 0.1) is 24.6 Å². The van der Waals surface area contributed by atoms with Gasteiger partial charge in [-0.25, -0.2) is 9.97 Å². The third kappa shape index (κ3) is 5.02. The van der Waals surface area contributed by atoms with E-state index in [-0.39, 0.29) is 0 Å². The molecule has 0 atom stereocenters. The number of aromatic nitrogens is 5. The van der Waals surface area contributed by atoms with Crippen molar-refractivity contribution in [2.75, 3.05) is 37.0 Å². The van der Waals surface area contributed by atoms with E-state index in [4.69, 9.17) is 14.7 Å². The summed E-state index contributed by atoms with van der Waals surface area (Å²) in [7, 11) is 0. The molecule has 1 fully saturated rings. The molecule has 0 aliphatic carbocycles. The largest absolute Gasteiger partial charge is 0.378 e. The van der Waals surface area contributed by atoms with Crippen LogP contribution in [-0.4, -0.2) is 57.0 Å². The number of morpholine rings is 1. The van der Waals surface area contributed by atoms with Crippen LogP contribution in [0.2, 0.25) is 0 Å². The average molecular weight is 395 g/mol. The molecule has 8 heteroatoms. The Morgan fingerprint density at radius 1 is 1.00 bits per heavy atom. The maximum absolute atomic E-state index is 5.48. The van der Waals surface area contributed by atoms with Gasteiger partial charge in [-0.3, -0.25) is 15.0 Å². The number of anilines is 1. The van der Waals surface area contributed by atoms with Crippen molar-refractivity contribution in [3.8, 4) is 11.5 Å². The van der Waals surface area contributed by atoms with Gasteiger partial charge in [0, 0.05) is 56.1 Å². The van der Waals surface area contributed by atoms with Gasteiger partial charge in [0.2, 0.25) is 0 Å². The summed E-state index contributed by atoms with van der Waals surface area (Å²) in [5, 5.41) is 0. The van der Waals surface area contributed by atoms with Crippen LogP contribution in [0.15, 0.2) is 49.1 Å². The number of hydrogen-bond donors (Lipinski definition) is 0. The predicted molar refractivity (Wildman–Crippen MR) is 110 cm³/mol. The van der Waals surface area contributed by atoms with Gasteiger partial charge in [0.15, 0.2) is 5.82 Å². The standard InChI is InChI=1S/C20H22N6OS/c1-2-5-23-18(3-1)20-24-17(13-19(25-20)26-8-10-27-11-9-26)15-28-12-4-16-14-21-6-7-22-16/h1-3,5-7,13-14H,4,8-12,15H2. The number of ether oxygens (including phenoxy) is 1. The molecular weight excluding hydrogens is 372 g/mol. The molecule has 0 saturated carbocycles. The summed E-state index contributed by atoms with van der Waals surface area (Å²) in [6.45, 7) is 3.14. The van der Waals surface area contributed by atoms with Crippen molar-refractivity contribution in [3.63, 3.8) is 0 Å². The normalized spacial score (nSPS) is 14.2. The van der Waals surface area contributed by atoms with Crippen LogP contribution >= 0.6 is 11.8 Å². The number of rotatable bonds is 7. The van der Waals surface area contributed by atoms with Gasteiger partial charge in [-0.1, -0.05) is 6.07 Å². The maximum Gasteiger partial charge on any atom is 0.180 e. The van der Waals surface area contributed by atoms with Crippen LogP contribution in [0.4, 0.5) is 5.82 Å². The molecule has 0 aromatic carbocycles. The molecule has 4 heterocycles. The Labute approximate surface area is 168 Å². The fraction of sp³-hybridized carbons (Fsp3) is 0.350. The Morgan fingerprint density at radius 3 is 2.71 bits per heavy atom. The molecule has 3 aromatic rings. The third-order valence-electron chi connectivity index (χ3n) is 4.36. The first-order valence-electron chi connectivity index (χ1n) is 9.33. The van der Waals surface area contributed by atoms with Crippen LogP contribution < -0.4 is 4.90 Å². The molecule has 0 radical (unpaired) electrons. The average Bonchev–Trinajstić information content (AvgIpc) is 2.78. The second-order valence-electron chi connectivity index (χ2n) is 6.35. The Kier molecular flexibility index (Phi) is 6.41. The summed E-state index contributed by atoms with van der Waals surface area (Å²) in [6, 6.07) is 7.90. The molecule has 1 aliphatic heterocycles. The first-order valence-corrected chi connectivity index (χ1v) is 10.5. The zero-order valence-electron chi connectivity index (χ0n) is 15.6. The number of hydrogen-bond acceptors (Lipinski definition) is 8. The monoisotopic (exact) mass is 394 g/mol. The smallest absolute Gasteiger partial charge is 0.180 e. The van der Waals surface area contributed by atoms with Gasteiger partial charge in [0.1, 0.15) is 11.5 Å². The highest BCUT2D eigenvalue weighted by Crippen LogP contribution is 2.22. The van der Waals surface area contributed by atoms with Crippen LogP contribution in [0.1, 0.15) is 11.4 Å². The lowest BCUT2D eigenvalue weighted by atomic mass is 10.3. The second kappa shape index (κ2) is 9.57. The fourth-order valence-electron chi connectivity index (χ4n) is 2.93. The number of thioether (sulfide) groups is 1. The molecule has 0 unspecified atom stereocenters. The van der Waals surface area contributed by atoms with Crippen molar-refractivity contribution in [2.45, 2.75) is 12.2 Å². The predicted octanol–water partition coefficient (Wildman–Crippen LogP) is 2.64. The lowest BCUT2D eigenvalue weighted by Gasteiger charge is -2.28. The first kappa shape index (κ1) is 18.8. The van der Waals surface area contributed by atoms with Gasteiger partial charge < -0.3 is 9.64 Å². The Balaban J connectivity index is 1.48. The molecule has 28 heavy (non-hydrogen) atoms. The number of pyridine rings is 1. The van der Waals surface area contributed by atoms with Crippen molar-refractivity contribution in [3.05, 3.63) is 60.4 Å². The van der Waals surface area contributed by atoms with Crippen molar-refractivity contribution in [1.29, 1.82) is 0 Å². The zero-order chi connectivity index (χ0) is 19.0. The number of nitrogens with zero attached hydrogens (tertiary/aromatic N) is 6. The van der Waals surface area contributed by atoms with Crippen molar-refractivity contribution >= 4 is 17.6 Å². The van der Waals surface area contributed by atoms with E-state index in [9.17, 15) is 0 Å². The van der Waals surface area contributed by atoms with Gasteiger partial charge in [-0.15, -0.1) is 0 Å². The lowest BCUT2D eigenvalue weighted by Crippen LogP contribution is -2.37. The molecular formula is C20H22N6OS. The Bertz CT molecular complexity index is 874. The summed E-state index contributed by atoms with van der Waals surface area (Å²) >= 11 is 1.84. The van der Waals surface area contributed by atoms with Crippen molar-refractivity contribution in [1.82, 2.24) is 24.9 Å². The van der Waals surface area contributed by atoms with Crippen LogP contribution in [0.25, 0.3) is 11.5 Å². The molecule has 0 N–H and O–H groups in total. The summed E-state index contributed by atoms with van der Waals surface area (Å²) in [4.78, 5) is 24.7. The van der Waals surface area contributed by atoms with E-state index in [2.05, 4.69) is 25.9 Å². The van der Waals surface area contributed by atoms with Gasteiger partial charge in [0.25, 0.3) is 0 Å². The third-order valence-corrected chi connectivity index (χ3v) is 5.36. The topological polar surface area (TPSA) is 76.9 Å². The van der Waals surface area contributed by atoms with E-state index in [1.54, 1.807) is 18.6 Å². The van der Waals surface area contributed by atoms with Crippen LogP contribution in [0.5, 0.6) is 0 Å². The lowest BCUT2D eigenvalue weighted by molar-refractivity contribution is 0.122. The summed E-state index contributed by atoms with van der Waals surface area (Å²) in [6.07, 6.45) is 7.92. The Morgan fingerprint density at radius 2 is 1.93 bits per heavy atom. The summed E-state index contributed by atoms with van der Waals surface area (Å²) in [5.41, 5.74) is 2.82. The molecule has 0 bridgehead atoms. The highest BCUT2D eigenvalue weighted by Gasteiger charge is 2.16. The highest BCUT2D eigenvalue weighted by molar-refractivity contribution is 7.98. The first-order chi connectivity index (χ1) is 13.9. The molecule has 0 spiro atoms. The molecule has 1 saturated heterocycles. The van der Waals surface area contributed by atoms with Crippen molar-refractivity contribution < 1.29 is 4.74 Å². The van der Waals surface area contributed by atoms with E-state index in [1.807, 2.05) is 36.2 Å². The molecule has 3 aromatic heterocycles. The maximum atomic E-state index is 5.48. The van der Waals surface area contributed by atoms with Gasteiger partial charge in [-0.2, -0.15) is 11.8 Å². The van der Waals surface area contributed by atoms with Gasteiger partial charge in [-0.05, 0) is 17.9 Å². The van der Waals surface area contributed by atoms with Crippen LogP contribution in [-0.2, 0) is 16.9 Å². The van der Waals surface area contributed by atoms with E-state index in [1.165, 1.54) is 0 Å². The quantitative estimate of drug-likeness (QED) is 0.566. The molecule has 7 nitrogen and oxygen atoms in total. The van der Waals surface area contributed by atoms with Crippen LogP contribution in [0, 0.1) is 0 Å². The van der Waals surface area contributed by atoms with E-state index in [0.29, 0.717) is 5.82 Å². The Hall–Kier alpha value is -2.58. The highest BCUT2D eigenvalue weighted by atomic mass is 32.2. The SMILES string of the molecule is c1ccc(-c2nc(CSCCc3cnccn3)cc(N3CCOCC3)n2)nc1. The fourth-order valence-corrected chi connectivity index (χ4v) is 3.79. The van der Waals surface area contributed by atoms with E-state index < -0.39 is 0 Å².